The number of fused-ring (bicyclic) bond motifs is 1. The Labute approximate surface area is 212 Å². The number of carbonyl (C=O) groups is 1. The molecule has 188 valence electrons. The molecule has 11 heteroatoms. The first-order valence-electron chi connectivity index (χ1n) is 11.8. The number of benzene rings is 1. The molecule has 1 saturated heterocycles. The lowest BCUT2D eigenvalue weighted by molar-refractivity contribution is 0.0203. The molecule has 0 radical (unpaired) electrons. The molecule has 0 spiro atoms. The van der Waals surface area contributed by atoms with E-state index in [1.807, 2.05) is 45.0 Å². The van der Waals surface area contributed by atoms with Gasteiger partial charge in [0.1, 0.15) is 16.8 Å². The Kier molecular flexibility index (Phi) is 6.29. The number of nitrogens with zero attached hydrogens (tertiary/aromatic N) is 5. The van der Waals surface area contributed by atoms with Crippen molar-refractivity contribution in [2.45, 2.75) is 51.6 Å². The second-order valence-electron chi connectivity index (χ2n) is 9.94. The summed E-state index contributed by atoms with van der Waals surface area (Å²) in [6.45, 7) is 6.64. The van der Waals surface area contributed by atoms with Crippen LogP contribution in [-0.2, 0) is 11.2 Å². The third kappa shape index (κ3) is 5.13. The lowest BCUT2D eigenvalue weighted by Gasteiger charge is -2.33. The Balaban J connectivity index is 1.36. The predicted octanol–water partition coefficient (Wildman–Crippen LogP) is 4.43. The first-order chi connectivity index (χ1) is 17.2. The number of halogens is 1. The molecule has 0 aliphatic carbocycles. The highest BCUT2D eigenvalue weighted by Crippen LogP contribution is 2.30. The Hall–Kier alpha value is -3.66. The molecule has 0 saturated carbocycles. The number of rotatable bonds is 4. The first kappa shape index (κ1) is 24.1. The van der Waals surface area contributed by atoms with Gasteiger partial charge in [0.05, 0.1) is 11.9 Å². The second-order valence-corrected chi connectivity index (χ2v) is 10.4. The average Bonchev–Trinajstić information content (AvgIpc) is 3.46. The van der Waals surface area contributed by atoms with Crippen molar-refractivity contribution in [2.24, 2.45) is 0 Å². The van der Waals surface area contributed by atoms with Gasteiger partial charge in [-0.2, -0.15) is 10.1 Å². The lowest BCUT2D eigenvalue weighted by atomic mass is 9.93. The lowest BCUT2D eigenvalue weighted by Crippen LogP contribution is -2.41. The highest BCUT2D eigenvalue weighted by Gasteiger charge is 2.29. The van der Waals surface area contributed by atoms with Crippen LogP contribution in [0.3, 0.4) is 0 Å². The van der Waals surface area contributed by atoms with Crippen LogP contribution in [0, 0.1) is 0 Å². The van der Waals surface area contributed by atoms with Crippen LogP contribution in [0.1, 0.15) is 56.6 Å². The fraction of sp³-hybridized carbons (Fsp3) is 0.400. The van der Waals surface area contributed by atoms with Crippen molar-refractivity contribution in [3.05, 3.63) is 69.0 Å². The summed E-state index contributed by atoms with van der Waals surface area (Å²) >= 11 is 5.96. The number of hydrogen-bond acceptors (Lipinski definition) is 7. The molecule has 1 aliphatic heterocycles. The molecule has 1 aromatic carbocycles. The van der Waals surface area contributed by atoms with E-state index in [0.29, 0.717) is 54.4 Å². The second kappa shape index (κ2) is 9.42. The maximum Gasteiger partial charge on any atom is 0.410 e. The molecule has 36 heavy (non-hydrogen) atoms. The summed E-state index contributed by atoms with van der Waals surface area (Å²) < 4.78 is 12.7. The van der Waals surface area contributed by atoms with Gasteiger partial charge in [-0.1, -0.05) is 28.9 Å². The van der Waals surface area contributed by atoms with Crippen molar-refractivity contribution >= 4 is 23.3 Å². The summed E-state index contributed by atoms with van der Waals surface area (Å²) in [5, 5.41) is 9.26. The molecule has 1 aliphatic rings. The highest BCUT2D eigenvalue weighted by molar-refractivity contribution is 6.30. The van der Waals surface area contributed by atoms with Crippen LogP contribution >= 0.6 is 11.6 Å². The number of ether oxygens (including phenoxy) is 1. The van der Waals surface area contributed by atoms with Crippen molar-refractivity contribution in [2.75, 3.05) is 13.1 Å². The van der Waals surface area contributed by atoms with Crippen LogP contribution in [0.2, 0.25) is 5.02 Å². The van der Waals surface area contributed by atoms with Crippen LogP contribution < -0.4 is 5.56 Å². The van der Waals surface area contributed by atoms with Gasteiger partial charge in [0, 0.05) is 36.5 Å². The van der Waals surface area contributed by atoms with Crippen molar-refractivity contribution in [3.8, 4) is 11.5 Å². The maximum absolute atomic E-state index is 12.6. The summed E-state index contributed by atoms with van der Waals surface area (Å²) in [7, 11) is 0. The molecule has 5 rings (SSSR count). The Morgan fingerprint density at radius 1 is 1.22 bits per heavy atom. The van der Waals surface area contributed by atoms with E-state index in [9.17, 15) is 9.59 Å². The fourth-order valence-electron chi connectivity index (χ4n) is 4.36. The fourth-order valence-corrected chi connectivity index (χ4v) is 4.49. The van der Waals surface area contributed by atoms with Gasteiger partial charge in [-0.3, -0.25) is 4.79 Å². The highest BCUT2D eigenvalue weighted by atomic mass is 35.5. The van der Waals surface area contributed by atoms with Gasteiger partial charge in [-0.25, -0.2) is 9.31 Å². The minimum absolute atomic E-state index is 0.0596. The van der Waals surface area contributed by atoms with E-state index in [2.05, 4.69) is 20.2 Å². The zero-order valence-corrected chi connectivity index (χ0v) is 21.1. The van der Waals surface area contributed by atoms with Gasteiger partial charge in [0.2, 0.25) is 0 Å². The summed E-state index contributed by atoms with van der Waals surface area (Å²) in [5.74, 6) is 0.852. The van der Waals surface area contributed by atoms with E-state index in [4.69, 9.17) is 20.9 Å². The minimum atomic E-state index is -0.540. The molecule has 3 aromatic heterocycles. The molecular formula is C25H27ClN6O4. The van der Waals surface area contributed by atoms with Crippen molar-refractivity contribution < 1.29 is 14.1 Å². The van der Waals surface area contributed by atoms with Gasteiger partial charge in [0.25, 0.3) is 11.4 Å². The summed E-state index contributed by atoms with van der Waals surface area (Å²) in [6, 6.07) is 9.01. The van der Waals surface area contributed by atoms with E-state index >= 15 is 0 Å². The molecule has 0 bridgehead atoms. The predicted molar refractivity (Wildman–Crippen MR) is 133 cm³/mol. The maximum atomic E-state index is 12.6. The molecule has 1 amide bonds. The number of nitrogens with one attached hydrogen (secondary N) is 1. The zero-order chi connectivity index (χ0) is 25.4. The number of likely N-dealkylation sites (tertiary alicyclic amines) is 1. The number of carbonyl (C=O) groups excluding carboxylic acids is 1. The number of aromatic amines is 1. The number of hydrogen-bond donors (Lipinski definition) is 1. The monoisotopic (exact) mass is 510 g/mol. The molecule has 1 N–H and O–H groups in total. The SMILES string of the molecule is CC(C)(C)OC(=O)N1CCC(c2cc(=O)[nH]c3c(-c4nc(Cc5ccc(Cl)cc5)no4)cnn23)CC1. The summed E-state index contributed by atoms with van der Waals surface area (Å²) in [4.78, 5) is 34.1. The van der Waals surface area contributed by atoms with Crippen LogP contribution in [0.4, 0.5) is 4.79 Å². The minimum Gasteiger partial charge on any atom is -0.444 e. The van der Waals surface area contributed by atoms with E-state index in [1.165, 1.54) is 0 Å². The van der Waals surface area contributed by atoms with Gasteiger partial charge in [-0.05, 0) is 51.3 Å². The molecule has 0 unspecified atom stereocenters. The van der Waals surface area contributed by atoms with Crippen molar-refractivity contribution in [3.63, 3.8) is 0 Å². The van der Waals surface area contributed by atoms with E-state index in [0.717, 1.165) is 11.3 Å². The van der Waals surface area contributed by atoms with E-state index in [1.54, 1.807) is 21.7 Å². The van der Waals surface area contributed by atoms with Crippen molar-refractivity contribution in [1.82, 2.24) is 29.6 Å². The van der Waals surface area contributed by atoms with Gasteiger partial charge in [-0.15, -0.1) is 0 Å². The molecule has 4 heterocycles. The van der Waals surface area contributed by atoms with Gasteiger partial charge in [0.15, 0.2) is 5.82 Å². The summed E-state index contributed by atoms with van der Waals surface area (Å²) in [6.07, 6.45) is 3.17. The van der Waals surface area contributed by atoms with Crippen LogP contribution in [0.15, 0.2) is 45.8 Å². The largest absolute Gasteiger partial charge is 0.444 e. The molecule has 0 atom stereocenters. The number of H-pyrrole nitrogens is 1. The third-order valence-electron chi connectivity index (χ3n) is 6.07. The first-order valence-corrected chi connectivity index (χ1v) is 12.2. The smallest absolute Gasteiger partial charge is 0.410 e. The quantitative estimate of drug-likeness (QED) is 0.431. The van der Waals surface area contributed by atoms with Crippen LogP contribution in [-0.4, -0.2) is 54.4 Å². The molecular weight excluding hydrogens is 484 g/mol. The Morgan fingerprint density at radius 3 is 2.64 bits per heavy atom. The average molecular weight is 511 g/mol. The van der Waals surface area contributed by atoms with Crippen LogP contribution in [0.25, 0.3) is 17.1 Å². The molecule has 10 nitrogen and oxygen atoms in total. The Morgan fingerprint density at radius 2 is 1.94 bits per heavy atom. The van der Waals surface area contributed by atoms with E-state index in [-0.39, 0.29) is 23.5 Å². The standard InChI is InChI=1S/C25H27ClN6O4/c1-25(2,3)35-24(34)31-10-8-16(9-11-31)19-13-21(33)29-22-18(14-27-32(19)22)23-28-20(30-36-23)12-15-4-6-17(26)7-5-15/h4-7,13-14,16H,8-12H2,1-3H3,(H,29,33). The molecule has 1 fully saturated rings. The van der Waals surface area contributed by atoms with Gasteiger partial charge < -0.3 is 19.1 Å². The van der Waals surface area contributed by atoms with E-state index < -0.39 is 5.60 Å². The Bertz CT molecular complexity index is 1440. The third-order valence-corrected chi connectivity index (χ3v) is 6.33. The van der Waals surface area contributed by atoms with Crippen molar-refractivity contribution in [1.29, 1.82) is 0 Å². The topological polar surface area (TPSA) is 119 Å². The van der Waals surface area contributed by atoms with Crippen LogP contribution in [0.5, 0.6) is 0 Å². The summed E-state index contributed by atoms with van der Waals surface area (Å²) in [5.41, 5.74) is 2.05. The zero-order valence-electron chi connectivity index (χ0n) is 20.3. The number of piperidine rings is 1. The normalized spacial score (nSPS) is 14.9. The molecule has 4 aromatic rings. The number of aromatic nitrogens is 5. The van der Waals surface area contributed by atoms with Gasteiger partial charge >= 0.3 is 6.09 Å². The number of amides is 1.